The quantitative estimate of drug-likeness (QED) is 0.362. The van der Waals surface area contributed by atoms with Gasteiger partial charge in [-0.2, -0.15) is 0 Å². The van der Waals surface area contributed by atoms with Gasteiger partial charge in [-0.25, -0.2) is 4.39 Å². The predicted molar refractivity (Wildman–Crippen MR) is 165 cm³/mol. The third-order valence-electron chi connectivity index (χ3n) is 8.62. The maximum Gasteiger partial charge on any atom is 0.239 e. The standard InChI is InChI=1S/C33H41ClFN5O2/c1-2-42-31-5-3-4-30(35)29(31)23-39-18-20-40(21-19-39)33(41)32(36)25-10-15-38(16-11-25)17-12-26-22-27(34)6-7-28(26)24-8-13-37-14-9-24/h3-9,13-14,22,25,32H,2,10-12,15-21,23,36H2,1H3/t32-/m1/s1. The Morgan fingerprint density at radius 3 is 2.50 bits per heavy atom. The number of hydrogen-bond donors (Lipinski definition) is 1. The lowest BCUT2D eigenvalue weighted by Crippen LogP contribution is -2.55. The van der Waals surface area contributed by atoms with Crippen LogP contribution in [0, 0.1) is 11.7 Å². The number of rotatable bonds is 10. The Balaban J connectivity index is 1.08. The number of likely N-dealkylation sites (tertiary alicyclic amines) is 1. The number of aromatic nitrogens is 1. The summed E-state index contributed by atoms with van der Waals surface area (Å²) in [5.41, 5.74) is 10.7. The SMILES string of the molecule is CCOc1cccc(F)c1CN1CCN(C(=O)[C@H](N)C2CCN(CCc3cc(Cl)ccc3-c3ccncc3)CC2)CC1. The van der Waals surface area contributed by atoms with Gasteiger partial charge in [0.2, 0.25) is 5.91 Å². The summed E-state index contributed by atoms with van der Waals surface area (Å²) < 4.78 is 20.1. The van der Waals surface area contributed by atoms with E-state index in [-0.39, 0.29) is 17.6 Å². The summed E-state index contributed by atoms with van der Waals surface area (Å²) in [6, 6.07) is 14.6. The van der Waals surface area contributed by atoms with E-state index in [1.807, 2.05) is 48.5 Å². The lowest BCUT2D eigenvalue weighted by molar-refractivity contribution is -0.136. The van der Waals surface area contributed by atoms with Crippen LogP contribution in [-0.4, -0.2) is 84.1 Å². The smallest absolute Gasteiger partial charge is 0.239 e. The minimum Gasteiger partial charge on any atom is -0.493 e. The van der Waals surface area contributed by atoms with Crippen LogP contribution >= 0.6 is 11.6 Å². The van der Waals surface area contributed by atoms with E-state index in [1.54, 1.807) is 6.07 Å². The number of piperidine rings is 1. The minimum atomic E-state index is -0.485. The number of carbonyl (C=O) groups is 1. The fourth-order valence-electron chi connectivity index (χ4n) is 6.14. The summed E-state index contributed by atoms with van der Waals surface area (Å²) in [7, 11) is 0. The van der Waals surface area contributed by atoms with Gasteiger partial charge in [-0.3, -0.25) is 14.7 Å². The van der Waals surface area contributed by atoms with Gasteiger partial charge in [0.1, 0.15) is 11.6 Å². The van der Waals surface area contributed by atoms with Crippen molar-refractivity contribution in [3.05, 3.63) is 82.9 Å². The Kier molecular flexibility index (Phi) is 10.4. The molecule has 5 rings (SSSR count). The second-order valence-corrected chi connectivity index (χ2v) is 11.7. The zero-order valence-corrected chi connectivity index (χ0v) is 25.1. The van der Waals surface area contributed by atoms with Gasteiger partial charge >= 0.3 is 0 Å². The van der Waals surface area contributed by atoms with E-state index in [2.05, 4.69) is 26.9 Å². The van der Waals surface area contributed by atoms with Crippen molar-refractivity contribution in [1.29, 1.82) is 0 Å². The number of pyridine rings is 1. The van der Waals surface area contributed by atoms with Gasteiger partial charge in [-0.1, -0.05) is 23.7 Å². The molecule has 1 aromatic heterocycles. The Hall–Kier alpha value is -3.04. The summed E-state index contributed by atoms with van der Waals surface area (Å²) in [5, 5.41) is 0.745. The Bertz CT molecular complexity index is 1330. The monoisotopic (exact) mass is 593 g/mol. The van der Waals surface area contributed by atoms with Gasteiger partial charge in [0.25, 0.3) is 0 Å². The molecule has 7 nitrogen and oxygen atoms in total. The lowest BCUT2D eigenvalue weighted by atomic mass is 9.88. The molecule has 0 aliphatic carbocycles. The van der Waals surface area contributed by atoms with Gasteiger partial charge < -0.3 is 20.3 Å². The van der Waals surface area contributed by atoms with Crippen LogP contribution in [0.2, 0.25) is 5.02 Å². The zero-order chi connectivity index (χ0) is 29.5. The Labute approximate surface area is 253 Å². The molecular formula is C33H41ClFN5O2. The molecule has 3 heterocycles. The molecule has 0 unspecified atom stereocenters. The molecule has 1 atom stereocenters. The topological polar surface area (TPSA) is 74.9 Å². The first kappa shape index (κ1) is 30.4. The van der Waals surface area contributed by atoms with Crippen LogP contribution < -0.4 is 10.5 Å². The number of ether oxygens (including phenoxy) is 1. The molecule has 2 saturated heterocycles. The van der Waals surface area contributed by atoms with Crippen molar-refractivity contribution >= 4 is 17.5 Å². The molecule has 9 heteroatoms. The number of halogens is 2. The number of benzene rings is 2. The number of nitrogens with zero attached hydrogens (tertiary/aromatic N) is 4. The Morgan fingerprint density at radius 1 is 1.05 bits per heavy atom. The van der Waals surface area contributed by atoms with Crippen molar-refractivity contribution in [3.63, 3.8) is 0 Å². The van der Waals surface area contributed by atoms with Crippen LogP contribution in [0.25, 0.3) is 11.1 Å². The average molecular weight is 594 g/mol. The van der Waals surface area contributed by atoms with Crippen molar-refractivity contribution in [3.8, 4) is 16.9 Å². The van der Waals surface area contributed by atoms with Gasteiger partial charge in [-0.05, 0) is 98.3 Å². The average Bonchev–Trinajstić information content (AvgIpc) is 3.02. The van der Waals surface area contributed by atoms with Crippen molar-refractivity contribution in [2.75, 3.05) is 52.4 Å². The maximum absolute atomic E-state index is 14.5. The summed E-state index contributed by atoms with van der Waals surface area (Å²) in [6.45, 7) is 8.20. The van der Waals surface area contributed by atoms with Crippen LogP contribution in [0.3, 0.4) is 0 Å². The molecule has 0 bridgehead atoms. The van der Waals surface area contributed by atoms with E-state index >= 15 is 0 Å². The van der Waals surface area contributed by atoms with Gasteiger partial charge in [-0.15, -0.1) is 0 Å². The van der Waals surface area contributed by atoms with E-state index in [0.717, 1.165) is 49.5 Å². The molecule has 1 amide bonds. The second kappa shape index (κ2) is 14.4. The van der Waals surface area contributed by atoms with E-state index in [0.29, 0.717) is 50.6 Å². The lowest BCUT2D eigenvalue weighted by Gasteiger charge is -2.39. The van der Waals surface area contributed by atoms with Gasteiger partial charge in [0, 0.05) is 62.2 Å². The van der Waals surface area contributed by atoms with Crippen molar-refractivity contribution in [2.45, 2.75) is 38.8 Å². The van der Waals surface area contributed by atoms with Gasteiger partial charge in [0.05, 0.1) is 12.6 Å². The van der Waals surface area contributed by atoms with Crippen LogP contribution in [-0.2, 0) is 17.8 Å². The molecule has 2 fully saturated rings. The molecule has 3 aromatic rings. The maximum atomic E-state index is 14.5. The highest BCUT2D eigenvalue weighted by atomic mass is 35.5. The minimum absolute atomic E-state index is 0.0370. The largest absolute Gasteiger partial charge is 0.493 e. The zero-order valence-electron chi connectivity index (χ0n) is 24.4. The first-order chi connectivity index (χ1) is 20.4. The fourth-order valence-corrected chi connectivity index (χ4v) is 6.34. The highest BCUT2D eigenvalue weighted by Crippen LogP contribution is 2.28. The summed E-state index contributed by atoms with van der Waals surface area (Å²) in [4.78, 5) is 24.0. The normalized spacial score (nSPS) is 17.8. The van der Waals surface area contributed by atoms with Gasteiger partial charge in [0.15, 0.2) is 0 Å². The summed E-state index contributed by atoms with van der Waals surface area (Å²) in [5.74, 6) is 0.549. The number of piperazine rings is 1. The van der Waals surface area contributed by atoms with E-state index < -0.39 is 6.04 Å². The van der Waals surface area contributed by atoms with E-state index in [9.17, 15) is 9.18 Å². The van der Waals surface area contributed by atoms with Crippen molar-refractivity contribution in [2.24, 2.45) is 11.7 Å². The highest BCUT2D eigenvalue weighted by molar-refractivity contribution is 6.30. The molecule has 0 radical (unpaired) electrons. The number of nitrogens with two attached hydrogens (primary N) is 1. The highest BCUT2D eigenvalue weighted by Gasteiger charge is 2.33. The number of hydrogen-bond acceptors (Lipinski definition) is 6. The Morgan fingerprint density at radius 2 is 1.79 bits per heavy atom. The second-order valence-electron chi connectivity index (χ2n) is 11.2. The fraction of sp³-hybridized carbons (Fsp3) is 0.455. The van der Waals surface area contributed by atoms with Crippen LogP contribution in [0.15, 0.2) is 60.9 Å². The van der Waals surface area contributed by atoms with Crippen molar-refractivity contribution < 1.29 is 13.9 Å². The molecule has 0 spiro atoms. The molecule has 0 saturated carbocycles. The first-order valence-electron chi connectivity index (χ1n) is 15.0. The molecule has 2 aromatic carbocycles. The number of amides is 1. The summed E-state index contributed by atoms with van der Waals surface area (Å²) in [6.07, 6.45) is 6.35. The molecule has 224 valence electrons. The molecule has 2 N–H and O–H groups in total. The molecule has 2 aliphatic heterocycles. The van der Waals surface area contributed by atoms with E-state index in [4.69, 9.17) is 22.1 Å². The van der Waals surface area contributed by atoms with Crippen LogP contribution in [0.5, 0.6) is 5.75 Å². The number of carbonyl (C=O) groups excluding carboxylic acids is 1. The molecular weight excluding hydrogens is 553 g/mol. The van der Waals surface area contributed by atoms with E-state index in [1.165, 1.54) is 17.2 Å². The molecule has 2 aliphatic rings. The first-order valence-corrected chi connectivity index (χ1v) is 15.4. The van der Waals surface area contributed by atoms with Crippen LogP contribution in [0.1, 0.15) is 30.9 Å². The predicted octanol–water partition coefficient (Wildman–Crippen LogP) is 4.87. The summed E-state index contributed by atoms with van der Waals surface area (Å²) >= 11 is 6.34. The molecule has 42 heavy (non-hydrogen) atoms. The van der Waals surface area contributed by atoms with Crippen LogP contribution in [0.4, 0.5) is 4.39 Å². The third kappa shape index (κ3) is 7.48. The third-order valence-corrected chi connectivity index (χ3v) is 8.86. The van der Waals surface area contributed by atoms with Crippen molar-refractivity contribution in [1.82, 2.24) is 19.7 Å².